The number of piperidine rings is 1. The summed E-state index contributed by atoms with van der Waals surface area (Å²) in [6.07, 6.45) is 0.715. The molecule has 1 aromatic rings. The third-order valence-corrected chi connectivity index (χ3v) is 8.97. The maximum absolute atomic E-state index is 14.0. The highest BCUT2D eigenvalue weighted by Crippen LogP contribution is 2.65. The first-order valence-electron chi connectivity index (χ1n) is 14.6. The van der Waals surface area contributed by atoms with E-state index in [0.717, 1.165) is 12.8 Å². The number of hydrogen-bond acceptors (Lipinski definition) is 7. The number of anilines is 1. The predicted molar refractivity (Wildman–Crippen MR) is 152 cm³/mol. The number of amides is 5. The second-order valence-electron chi connectivity index (χ2n) is 13.6. The molecule has 0 aromatic heterocycles. The zero-order valence-corrected chi connectivity index (χ0v) is 24.8. The molecule has 0 bridgehead atoms. The molecule has 4 aliphatic rings. The van der Waals surface area contributed by atoms with Crippen LogP contribution < -0.4 is 26.4 Å². The summed E-state index contributed by atoms with van der Waals surface area (Å²) in [6, 6.07) is 3.93. The Morgan fingerprint density at radius 2 is 1.86 bits per heavy atom. The van der Waals surface area contributed by atoms with Crippen molar-refractivity contribution in [2.45, 2.75) is 84.2 Å². The quantitative estimate of drug-likeness (QED) is 0.318. The summed E-state index contributed by atoms with van der Waals surface area (Å²) in [6.45, 7) is 9.87. The van der Waals surface area contributed by atoms with E-state index in [9.17, 15) is 24.0 Å². The van der Waals surface area contributed by atoms with Crippen molar-refractivity contribution in [2.24, 2.45) is 28.4 Å². The Kier molecular flexibility index (Phi) is 7.71. The molecule has 0 radical (unpaired) electrons. The van der Waals surface area contributed by atoms with E-state index in [0.29, 0.717) is 18.0 Å². The summed E-state index contributed by atoms with van der Waals surface area (Å²) in [4.78, 5) is 67.2. The molecule has 12 nitrogen and oxygen atoms in total. The van der Waals surface area contributed by atoms with Gasteiger partial charge in [0.2, 0.25) is 23.6 Å². The molecule has 5 amide bonds. The van der Waals surface area contributed by atoms with Gasteiger partial charge in [-0.15, -0.1) is 0 Å². The van der Waals surface area contributed by atoms with E-state index in [2.05, 4.69) is 16.0 Å². The van der Waals surface area contributed by atoms with Gasteiger partial charge in [0.1, 0.15) is 30.5 Å². The van der Waals surface area contributed by atoms with Crippen LogP contribution in [0.25, 0.3) is 0 Å². The van der Waals surface area contributed by atoms with Crippen LogP contribution in [0.4, 0.5) is 5.69 Å². The first-order chi connectivity index (χ1) is 19.7. The second-order valence-corrected chi connectivity index (χ2v) is 13.6. The highest BCUT2D eigenvalue weighted by Gasteiger charge is 2.70. The number of likely N-dealkylation sites (tertiary alicyclic amines) is 1. The molecule has 12 heteroatoms. The topological polar surface area (TPSA) is 169 Å². The normalized spacial score (nSPS) is 27.0. The molecule has 2 heterocycles. The summed E-state index contributed by atoms with van der Waals surface area (Å²) in [5.41, 5.74) is 5.35. The standard InChI is InChI=1S/C30H41N5O7/c1-29(2,3)24(34-21(36)14-41-15-10-11-15)28(40)35-13-16-22(30(16,4)5)23(35)27(39)33-18(25(31)37)12-20-26(38)32-17-8-6-7-9-19(17)42-20/h6-9,15-16,18,20,22-24H,10-14H2,1-5H3,(H2,31,37)(H,32,38)(H,33,39)(H,34,36)/t16-,18-,20-,22-,23-,24+/m0/s1. The number of nitrogens with two attached hydrogens (primary N) is 1. The molecular weight excluding hydrogens is 542 g/mol. The van der Waals surface area contributed by atoms with Crippen molar-refractivity contribution in [3.8, 4) is 5.75 Å². The average Bonchev–Trinajstić information content (AvgIpc) is 3.77. The molecule has 6 atom stereocenters. The number of carbonyl (C=O) groups is 5. The van der Waals surface area contributed by atoms with Crippen LogP contribution in [-0.2, 0) is 28.7 Å². The number of carbonyl (C=O) groups excluding carboxylic acids is 5. The van der Waals surface area contributed by atoms with Crippen LogP contribution in [0.1, 0.15) is 53.9 Å². The maximum atomic E-state index is 14.0. The van der Waals surface area contributed by atoms with Gasteiger partial charge in [0, 0.05) is 13.0 Å². The highest BCUT2D eigenvalue weighted by atomic mass is 16.5. The van der Waals surface area contributed by atoms with Crippen molar-refractivity contribution in [2.75, 3.05) is 18.5 Å². The molecule has 5 rings (SSSR count). The minimum Gasteiger partial charge on any atom is -0.478 e. The molecule has 3 fully saturated rings. The minimum absolute atomic E-state index is 0.0858. The molecule has 0 spiro atoms. The van der Waals surface area contributed by atoms with Crippen molar-refractivity contribution < 1.29 is 33.4 Å². The largest absolute Gasteiger partial charge is 0.478 e. The molecule has 5 N–H and O–H groups in total. The van der Waals surface area contributed by atoms with Crippen molar-refractivity contribution in [3.63, 3.8) is 0 Å². The zero-order valence-electron chi connectivity index (χ0n) is 24.8. The Morgan fingerprint density at radius 1 is 1.17 bits per heavy atom. The van der Waals surface area contributed by atoms with Crippen molar-refractivity contribution in [1.29, 1.82) is 0 Å². The fourth-order valence-corrected chi connectivity index (χ4v) is 6.22. The number of primary amides is 1. The predicted octanol–water partition coefficient (Wildman–Crippen LogP) is 0.939. The first-order valence-corrected chi connectivity index (χ1v) is 14.6. The first kappa shape index (κ1) is 29.8. The lowest BCUT2D eigenvalue weighted by atomic mass is 9.85. The fraction of sp³-hybridized carbons (Fsp3) is 0.633. The van der Waals surface area contributed by atoms with Gasteiger partial charge in [-0.1, -0.05) is 46.8 Å². The molecule has 1 aromatic carbocycles. The van der Waals surface area contributed by atoms with Crippen LogP contribution in [0.15, 0.2) is 24.3 Å². The van der Waals surface area contributed by atoms with Gasteiger partial charge in [-0.25, -0.2) is 0 Å². The Bertz CT molecular complexity index is 1290. The number of nitrogens with zero attached hydrogens (tertiary/aromatic N) is 1. The molecule has 42 heavy (non-hydrogen) atoms. The summed E-state index contributed by atoms with van der Waals surface area (Å²) in [7, 11) is 0. The lowest BCUT2D eigenvalue weighted by molar-refractivity contribution is -0.146. The van der Waals surface area contributed by atoms with Crippen LogP contribution in [0.2, 0.25) is 0 Å². The Morgan fingerprint density at radius 3 is 2.50 bits per heavy atom. The number of benzene rings is 1. The molecular formula is C30H41N5O7. The molecule has 228 valence electrons. The van der Waals surface area contributed by atoms with Gasteiger partial charge in [0.25, 0.3) is 5.91 Å². The second kappa shape index (κ2) is 10.9. The van der Waals surface area contributed by atoms with Gasteiger partial charge in [-0.05, 0) is 47.6 Å². The van der Waals surface area contributed by atoms with Gasteiger partial charge < -0.3 is 36.1 Å². The Hall–Kier alpha value is -3.67. The number of nitrogens with one attached hydrogen (secondary N) is 3. The van der Waals surface area contributed by atoms with E-state index in [1.807, 2.05) is 34.6 Å². The summed E-state index contributed by atoms with van der Waals surface area (Å²) < 4.78 is 11.3. The average molecular weight is 584 g/mol. The van der Waals surface area contributed by atoms with Gasteiger partial charge >= 0.3 is 0 Å². The Labute approximate surface area is 245 Å². The van der Waals surface area contributed by atoms with E-state index in [1.165, 1.54) is 4.90 Å². The number of hydrogen-bond donors (Lipinski definition) is 4. The van der Waals surface area contributed by atoms with Crippen LogP contribution in [-0.4, -0.2) is 77.9 Å². The maximum Gasteiger partial charge on any atom is 0.265 e. The van der Waals surface area contributed by atoms with Crippen molar-refractivity contribution in [3.05, 3.63) is 24.3 Å². The van der Waals surface area contributed by atoms with Crippen LogP contribution in [0.5, 0.6) is 5.75 Å². The van der Waals surface area contributed by atoms with E-state index >= 15 is 0 Å². The highest BCUT2D eigenvalue weighted by molar-refractivity contribution is 5.99. The van der Waals surface area contributed by atoms with E-state index in [4.69, 9.17) is 15.2 Å². The lowest BCUT2D eigenvalue weighted by Gasteiger charge is -2.38. The number of ether oxygens (including phenoxy) is 2. The zero-order chi connectivity index (χ0) is 30.6. The van der Waals surface area contributed by atoms with E-state index in [1.54, 1.807) is 24.3 Å². The van der Waals surface area contributed by atoms with Crippen molar-refractivity contribution in [1.82, 2.24) is 15.5 Å². The van der Waals surface area contributed by atoms with E-state index in [-0.39, 0.29) is 48.2 Å². The SMILES string of the molecule is CC(C)(C)[C@H](NC(=O)COC1CC1)C(=O)N1C[C@H]2[C@@H]([C@H]1C(=O)N[C@@H](C[C@@H]1Oc3ccccc3NC1=O)C(N)=O)C2(C)C. The smallest absolute Gasteiger partial charge is 0.265 e. The Balaban J connectivity index is 1.31. The molecule has 2 saturated carbocycles. The minimum atomic E-state index is -1.21. The number of fused-ring (bicyclic) bond motifs is 2. The summed E-state index contributed by atoms with van der Waals surface area (Å²) in [5.74, 6) is -2.16. The number of para-hydroxylation sites is 2. The van der Waals surface area contributed by atoms with Gasteiger partial charge in [0.15, 0.2) is 6.10 Å². The van der Waals surface area contributed by atoms with Crippen molar-refractivity contribution >= 4 is 35.2 Å². The van der Waals surface area contributed by atoms with Crippen LogP contribution >= 0.6 is 0 Å². The van der Waals surface area contributed by atoms with E-state index < -0.39 is 47.4 Å². The lowest BCUT2D eigenvalue weighted by Crippen LogP contribution is -2.61. The molecule has 2 aliphatic carbocycles. The number of rotatable bonds is 10. The third-order valence-electron chi connectivity index (χ3n) is 8.97. The summed E-state index contributed by atoms with van der Waals surface area (Å²) in [5, 5.41) is 8.29. The monoisotopic (exact) mass is 583 g/mol. The fourth-order valence-electron chi connectivity index (χ4n) is 6.22. The van der Waals surface area contributed by atoms with Crippen LogP contribution in [0, 0.1) is 22.7 Å². The van der Waals surface area contributed by atoms with Gasteiger partial charge in [-0.3, -0.25) is 24.0 Å². The van der Waals surface area contributed by atoms with Gasteiger partial charge in [0.05, 0.1) is 11.8 Å². The molecule has 2 aliphatic heterocycles. The molecule has 0 unspecified atom stereocenters. The molecule has 1 saturated heterocycles. The van der Waals surface area contributed by atoms with Crippen LogP contribution in [0.3, 0.4) is 0 Å². The third kappa shape index (κ3) is 5.95. The van der Waals surface area contributed by atoms with Gasteiger partial charge in [-0.2, -0.15) is 0 Å². The summed E-state index contributed by atoms with van der Waals surface area (Å²) >= 11 is 0.